The van der Waals surface area contributed by atoms with E-state index in [9.17, 15) is 4.79 Å². The minimum Gasteiger partial charge on any atom is -0.273 e. The highest BCUT2D eigenvalue weighted by Gasteiger charge is 2.01. The van der Waals surface area contributed by atoms with Gasteiger partial charge in [-0.3, -0.25) is 4.79 Å². The molecule has 96 valence electrons. The molecule has 0 atom stereocenters. The lowest BCUT2D eigenvalue weighted by molar-refractivity contribution is -0.120. The van der Waals surface area contributed by atoms with Gasteiger partial charge >= 0.3 is 0 Å². The Labute approximate surface area is 120 Å². The van der Waals surface area contributed by atoms with Gasteiger partial charge in [0.2, 0.25) is 5.91 Å². The summed E-state index contributed by atoms with van der Waals surface area (Å²) in [5, 5.41) is 3.92. The molecule has 0 unspecified atom stereocenters. The average Bonchev–Trinajstić information content (AvgIpc) is 2.43. The van der Waals surface area contributed by atoms with Crippen molar-refractivity contribution in [2.24, 2.45) is 5.10 Å². The molecule has 2 rings (SSSR count). The molecule has 0 saturated carbocycles. The van der Waals surface area contributed by atoms with Crippen molar-refractivity contribution in [1.29, 1.82) is 0 Å². The van der Waals surface area contributed by atoms with Crippen LogP contribution in [0.25, 0.3) is 0 Å². The molecule has 19 heavy (non-hydrogen) atoms. The third-order valence-corrected chi connectivity index (χ3v) is 3.01. The molecule has 1 N–H and O–H groups in total. The molecule has 0 aliphatic carbocycles. The number of amides is 1. The van der Waals surface area contributed by atoms with Crippen molar-refractivity contribution >= 4 is 28.1 Å². The van der Waals surface area contributed by atoms with Gasteiger partial charge in [-0.15, -0.1) is 0 Å². The molecule has 0 spiro atoms. The number of hydrogen-bond acceptors (Lipinski definition) is 2. The summed E-state index contributed by atoms with van der Waals surface area (Å²) in [6.07, 6.45) is 1.94. The topological polar surface area (TPSA) is 41.5 Å². The molecule has 0 radical (unpaired) electrons. The lowest BCUT2D eigenvalue weighted by Crippen LogP contribution is -2.19. The van der Waals surface area contributed by atoms with Crippen LogP contribution >= 0.6 is 15.9 Å². The lowest BCUT2D eigenvalue weighted by Gasteiger charge is -2.00. The third-order valence-electron chi connectivity index (χ3n) is 2.48. The molecule has 0 aliphatic heterocycles. The van der Waals surface area contributed by atoms with Gasteiger partial charge in [0.15, 0.2) is 0 Å². The first kappa shape index (κ1) is 13.5. The van der Waals surface area contributed by atoms with Crippen molar-refractivity contribution in [2.45, 2.75) is 6.42 Å². The minimum absolute atomic E-state index is 0.130. The molecule has 1 amide bonds. The second-order valence-corrected chi connectivity index (χ2v) is 4.92. The van der Waals surface area contributed by atoms with Gasteiger partial charge in [-0.1, -0.05) is 58.4 Å². The number of benzene rings is 2. The van der Waals surface area contributed by atoms with Crippen LogP contribution in [0.2, 0.25) is 0 Å². The van der Waals surface area contributed by atoms with Crippen LogP contribution in [0, 0.1) is 0 Å². The fraction of sp³-hybridized carbons (Fsp3) is 0.0667. The fourth-order valence-electron chi connectivity index (χ4n) is 1.55. The van der Waals surface area contributed by atoms with Crippen LogP contribution in [0.5, 0.6) is 0 Å². The summed E-state index contributed by atoms with van der Waals surface area (Å²) >= 11 is 3.36. The van der Waals surface area contributed by atoms with E-state index in [4.69, 9.17) is 0 Å². The molecule has 0 heterocycles. The maximum absolute atomic E-state index is 11.7. The molecule has 2 aromatic rings. The minimum atomic E-state index is -0.130. The summed E-state index contributed by atoms with van der Waals surface area (Å²) in [7, 11) is 0. The van der Waals surface area contributed by atoms with Crippen LogP contribution in [0.4, 0.5) is 0 Å². The molecule has 0 aromatic heterocycles. The lowest BCUT2D eigenvalue weighted by atomic mass is 10.1. The van der Waals surface area contributed by atoms with E-state index in [1.54, 1.807) is 6.21 Å². The SMILES string of the molecule is O=C(Cc1ccc(Br)cc1)N/N=C\c1ccccc1. The highest BCUT2D eigenvalue weighted by atomic mass is 79.9. The van der Waals surface area contributed by atoms with Crippen LogP contribution in [0.15, 0.2) is 64.2 Å². The predicted molar refractivity (Wildman–Crippen MR) is 80.0 cm³/mol. The van der Waals surface area contributed by atoms with E-state index in [0.717, 1.165) is 15.6 Å². The highest BCUT2D eigenvalue weighted by molar-refractivity contribution is 9.10. The predicted octanol–water partition coefficient (Wildman–Crippen LogP) is 3.14. The van der Waals surface area contributed by atoms with E-state index in [2.05, 4.69) is 26.5 Å². The summed E-state index contributed by atoms with van der Waals surface area (Å²) in [6, 6.07) is 17.3. The molecular weight excluding hydrogens is 304 g/mol. The zero-order valence-electron chi connectivity index (χ0n) is 10.2. The highest BCUT2D eigenvalue weighted by Crippen LogP contribution is 2.10. The summed E-state index contributed by atoms with van der Waals surface area (Å²) < 4.78 is 0.999. The summed E-state index contributed by atoms with van der Waals surface area (Å²) in [5.74, 6) is -0.130. The van der Waals surface area contributed by atoms with E-state index in [0.29, 0.717) is 6.42 Å². The van der Waals surface area contributed by atoms with Crippen molar-refractivity contribution in [3.05, 3.63) is 70.2 Å². The van der Waals surface area contributed by atoms with Gasteiger partial charge in [0, 0.05) is 4.47 Å². The van der Waals surface area contributed by atoms with Gasteiger partial charge in [0.05, 0.1) is 12.6 Å². The summed E-state index contributed by atoms with van der Waals surface area (Å²) in [5.41, 5.74) is 4.42. The summed E-state index contributed by atoms with van der Waals surface area (Å²) in [6.45, 7) is 0. The van der Waals surface area contributed by atoms with Crippen LogP contribution in [0.1, 0.15) is 11.1 Å². The van der Waals surface area contributed by atoms with Gasteiger partial charge in [0.25, 0.3) is 0 Å². The smallest absolute Gasteiger partial charge is 0.244 e. The van der Waals surface area contributed by atoms with Crippen LogP contribution in [-0.2, 0) is 11.2 Å². The Kier molecular flexibility index (Phi) is 4.86. The van der Waals surface area contributed by atoms with E-state index in [-0.39, 0.29) is 5.91 Å². The van der Waals surface area contributed by atoms with Crippen molar-refractivity contribution in [3.8, 4) is 0 Å². The van der Waals surface area contributed by atoms with Crippen LogP contribution in [0.3, 0.4) is 0 Å². The maximum Gasteiger partial charge on any atom is 0.244 e. The van der Waals surface area contributed by atoms with Gasteiger partial charge in [-0.2, -0.15) is 5.10 Å². The molecular formula is C15H13BrN2O. The van der Waals surface area contributed by atoms with Gasteiger partial charge < -0.3 is 0 Å². The third kappa shape index (κ3) is 4.67. The Morgan fingerprint density at radius 2 is 1.79 bits per heavy atom. The second kappa shape index (κ2) is 6.85. The van der Waals surface area contributed by atoms with E-state index in [1.165, 1.54) is 0 Å². The first-order chi connectivity index (χ1) is 9.24. The first-order valence-electron chi connectivity index (χ1n) is 5.85. The Hall–Kier alpha value is -1.94. The molecule has 0 fully saturated rings. The number of carbonyl (C=O) groups excluding carboxylic acids is 1. The van der Waals surface area contributed by atoms with Gasteiger partial charge in [0.1, 0.15) is 0 Å². The summed E-state index contributed by atoms with van der Waals surface area (Å²) in [4.78, 5) is 11.7. The zero-order chi connectivity index (χ0) is 13.5. The number of hydrogen-bond donors (Lipinski definition) is 1. The fourth-order valence-corrected chi connectivity index (χ4v) is 1.81. The number of nitrogens with zero attached hydrogens (tertiary/aromatic N) is 1. The molecule has 0 saturated heterocycles. The Bertz CT molecular complexity index is 564. The molecule has 2 aromatic carbocycles. The molecule has 4 heteroatoms. The van der Waals surface area contributed by atoms with Crippen LogP contribution < -0.4 is 5.43 Å². The Morgan fingerprint density at radius 3 is 2.47 bits per heavy atom. The van der Waals surface area contributed by atoms with E-state index < -0.39 is 0 Å². The largest absolute Gasteiger partial charge is 0.273 e. The van der Waals surface area contributed by atoms with Crippen molar-refractivity contribution in [3.63, 3.8) is 0 Å². The van der Waals surface area contributed by atoms with Crippen molar-refractivity contribution in [1.82, 2.24) is 5.43 Å². The van der Waals surface area contributed by atoms with Gasteiger partial charge in [-0.25, -0.2) is 5.43 Å². The van der Waals surface area contributed by atoms with Crippen molar-refractivity contribution in [2.75, 3.05) is 0 Å². The second-order valence-electron chi connectivity index (χ2n) is 4.01. The van der Waals surface area contributed by atoms with Gasteiger partial charge in [-0.05, 0) is 23.3 Å². The Balaban J connectivity index is 1.85. The van der Waals surface area contributed by atoms with E-state index in [1.807, 2.05) is 54.6 Å². The van der Waals surface area contributed by atoms with Crippen molar-refractivity contribution < 1.29 is 4.79 Å². The maximum atomic E-state index is 11.7. The monoisotopic (exact) mass is 316 g/mol. The number of halogens is 1. The molecule has 0 aliphatic rings. The Morgan fingerprint density at radius 1 is 1.11 bits per heavy atom. The number of rotatable bonds is 4. The molecule has 0 bridgehead atoms. The number of nitrogens with one attached hydrogen (secondary N) is 1. The standard InChI is InChI=1S/C15H13BrN2O/c16-14-8-6-12(7-9-14)10-15(19)18-17-11-13-4-2-1-3-5-13/h1-9,11H,10H2,(H,18,19)/b17-11-. The number of hydrazone groups is 1. The first-order valence-corrected chi connectivity index (χ1v) is 6.65. The molecule has 3 nitrogen and oxygen atoms in total. The zero-order valence-corrected chi connectivity index (χ0v) is 11.8. The normalized spacial score (nSPS) is 10.6. The quantitative estimate of drug-likeness (QED) is 0.683. The van der Waals surface area contributed by atoms with E-state index >= 15 is 0 Å². The average molecular weight is 317 g/mol. The number of carbonyl (C=O) groups is 1. The van der Waals surface area contributed by atoms with Crippen LogP contribution in [-0.4, -0.2) is 12.1 Å².